The molecule has 7 heteroatoms. The number of aryl methyl sites for hydroxylation is 1. The zero-order valence-electron chi connectivity index (χ0n) is 19.3. The Morgan fingerprint density at radius 1 is 1.06 bits per heavy atom. The Morgan fingerprint density at radius 2 is 1.94 bits per heavy atom. The molecule has 1 saturated heterocycles. The predicted octanol–water partition coefficient (Wildman–Crippen LogP) is 4.72. The average Bonchev–Trinajstić information content (AvgIpc) is 3.10. The second kappa shape index (κ2) is 8.90. The van der Waals surface area contributed by atoms with Crippen molar-refractivity contribution in [2.75, 3.05) is 31.7 Å². The molecule has 1 fully saturated rings. The summed E-state index contributed by atoms with van der Waals surface area (Å²) in [6.07, 6.45) is 7.82. The molecule has 4 aromatic rings. The average molecular weight is 446 g/mol. The van der Waals surface area contributed by atoms with E-state index in [4.69, 9.17) is 20.9 Å². The van der Waals surface area contributed by atoms with Crippen molar-refractivity contribution in [3.05, 3.63) is 36.0 Å². The van der Waals surface area contributed by atoms with Gasteiger partial charge in [0.15, 0.2) is 11.5 Å². The number of nitrogens with one attached hydrogen (secondary N) is 1. The van der Waals surface area contributed by atoms with E-state index in [1.54, 1.807) is 13.3 Å². The standard InChI is InChI=1S/C26H31N5O2/c1-15-20(27)8-7-17-24-18-12-22(32-2)23(33-11-9-16-6-4-3-5-10-29-16)13-21(18)30-14-19(24)26(28)31-25(15)17/h7-8,12-14,16,29H,3-6,9-11,27H2,1-2H3,(H2,28,31). The molecule has 2 aromatic carbocycles. The third kappa shape index (κ3) is 3.97. The van der Waals surface area contributed by atoms with Gasteiger partial charge in [0.05, 0.1) is 24.8 Å². The molecule has 0 aliphatic carbocycles. The van der Waals surface area contributed by atoms with Crippen LogP contribution in [0.2, 0.25) is 0 Å². The lowest BCUT2D eigenvalue weighted by atomic mass is 9.99. The number of anilines is 2. The molecule has 0 saturated carbocycles. The monoisotopic (exact) mass is 445 g/mol. The van der Waals surface area contributed by atoms with Crippen LogP contribution in [0.15, 0.2) is 30.5 Å². The van der Waals surface area contributed by atoms with Crippen molar-refractivity contribution >= 4 is 44.1 Å². The zero-order valence-corrected chi connectivity index (χ0v) is 19.3. The minimum atomic E-state index is 0.441. The molecule has 0 radical (unpaired) electrons. The molecule has 0 amide bonds. The van der Waals surface area contributed by atoms with Gasteiger partial charge < -0.3 is 26.3 Å². The smallest absolute Gasteiger partial charge is 0.163 e. The van der Waals surface area contributed by atoms with E-state index >= 15 is 0 Å². The van der Waals surface area contributed by atoms with E-state index in [-0.39, 0.29) is 0 Å². The normalized spacial score (nSPS) is 16.8. The van der Waals surface area contributed by atoms with Crippen molar-refractivity contribution in [2.24, 2.45) is 0 Å². The summed E-state index contributed by atoms with van der Waals surface area (Å²) in [6.45, 7) is 3.69. The number of fused-ring (bicyclic) bond motifs is 5. The first-order chi connectivity index (χ1) is 16.1. The van der Waals surface area contributed by atoms with Gasteiger partial charge in [-0.1, -0.05) is 18.9 Å². The van der Waals surface area contributed by atoms with Gasteiger partial charge in [0.2, 0.25) is 0 Å². The molecule has 3 heterocycles. The Balaban J connectivity index is 1.56. The summed E-state index contributed by atoms with van der Waals surface area (Å²) in [5.41, 5.74) is 15.7. The van der Waals surface area contributed by atoms with Gasteiger partial charge in [0.1, 0.15) is 5.82 Å². The number of nitrogens with zero attached hydrogens (tertiary/aromatic N) is 2. The molecule has 0 bridgehead atoms. The number of rotatable bonds is 5. The zero-order chi connectivity index (χ0) is 22.9. The number of methoxy groups -OCH3 is 1. The van der Waals surface area contributed by atoms with Gasteiger partial charge in [0.25, 0.3) is 0 Å². The van der Waals surface area contributed by atoms with E-state index in [2.05, 4.69) is 15.3 Å². The lowest BCUT2D eigenvalue weighted by molar-refractivity contribution is 0.269. The van der Waals surface area contributed by atoms with Gasteiger partial charge in [0, 0.05) is 45.5 Å². The third-order valence-electron chi connectivity index (χ3n) is 6.79. The van der Waals surface area contributed by atoms with Crippen LogP contribution in [0.1, 0.15) is 37.7 Å². The number of pyridine rings is 2. The molecule has 1 aliphatic rings. The fourth-order valence-electron chi connectivity index (χ4n) is 4.86. The third-order valence-corrected chi connectivity index (χ3v) is 6.79. The van der Waals surface area contributed by atoms with Gasteiger partial charge in [-0.05, 0) is 50.4 Å². The Labute approximate surface area is 193 Å². The second-order valence-electron chi connectivity index (χ2n) is 8.88. The van der Waals surface area contributed by atoms with Crippen LogP contribution in [0.25, 0.3) is 32.6 Å². The summed E-state index contributed by atoms with van der Waals surface area (Å²) in [4.78, 5) is 9.29. The molecule has 5 rings (SSSR count). The maximum absolute atomic E-state index is 6.33. The first kappa shape index (κ1) is 21.5. The summed E-state index contributed by atoms with van der Waals surface area (Å²) in [6, 6.07) is 8.38. The van der Waals surface area contributed by atoms with Crippen LogP contribution in [0, 0.1) is 6.92 Å². The molecule has 5 N–H and O–H groups in total. The lowest BCUT2D eigenvalue weighted by Crippen LogP contribution is -2.29. The van der Waals surface area contributed by atoms with Crippen LogP contribution >= 0.6 is 0 Å². The number of nitrogen functional groups attached to an aromatic ring is 2. The van der Waals surface area contributed by atoms with Gasteiger partial charge in [-0.25, -0.2) is 4.98 Å². The van der Waals surface area contributed by atoms with Crippen LogP contribution < -0.4 is 26.3 Å². The highest BCUT2D eigenvalue weighted by atomic mass is 16.5. The van der Waals surface area contributed by atoms with Crippen molar-refractivity contribution in [3.8, 4) is 11.5 Å². The van der Waals surface area contributed by atoms with E-state index in [1.165, 1.54) is 25.7 Å². The SMILES string of the molecule is COc1cc2c(cc1OCCC1CCCCCN1)ncc1c(N)nc3c(C)c(N)ccc3c12. The van der Waals surface area contributed by atoms with E-state index in [0.717, 1.165) is 51.1 Å². The molecule has 33 heavy (non-hydrogen) atoms. The van der Waals surface area contributed by atoms with Gasteiger partial charge in [-0.3, -0.25) is 4.98 Å². The van der Waals surface area contributed by atoms with Gasteiger partial charge >= 0.3 is 0 Å². The topological polar surface area (TPSA) is 108 Å². The molecule has 1 atom stereocenters. The van der Waals surface area contributed by atoms with Crippen molar-refractivity contribution < 1.29 is 9.47 Å². The van der Waals surface area contributed by atoms with E-state index < -0.39 is 0 Å². The Kier molecular flexibility index (Phi) is 5.81. The Hall–Kier alpha value is -3.32. The van der Waals surface area contributed by atoms with Crippen LogP contribution in [-0.2, 0) is 0 Å². The summed E-state index contributed by atoms with van der Waals surface area (Å²) in [7, 11) is 1.66. The van der Waals surface area contributed by atoms with E-state index in [9.17, 15) is 0 Å². The van der Waals surface area contributed by atoms with Crippen LogP contribution in [0.3, 0.4) is 0 Å². The van der Waals surface area contributed by atoms with Crippen LogP contribution in [0.4, 0.5) is 11.5 Å². The molecular formula is C26H31N5O2. The fourth-order valence-corrected chi connectivity index (χ4v) is 4.86. The number of aromatic nitrogens is 2. The fraction of sp³-hybridized carbons (Fsp3) is 0.385. The Bertz CT molecular complexity index is 1330. The molecular weight excluding hydrogens is 414 g/mol. The predicted molar refractivity (Wildman–Crippen MR) is 135 cm³/mol. The molecule has 1 unspecified atom stereocenters. The Morgan fingerprint density at radius 3 is 2.79 bits per heavy atom. The number of benzene rings is 2. The highest BCUT2D eigenvalue weighted by Crippen LogP contribution is 2.39. The first-order valence-corrected chi connectivity index (χ1v) is 11.7. The highest BCUT2D eigenvalue weighted by molar-refractivity contribution is 6.21. The quantitative estimate of drug-likeness (QED) is 0.301. The molecule has 7 nitrogen and oxygen atoms in total. The van der Waals surface area contributed by atoms with Crippen LogP contribution in [-0.4, -0.2) is 36.3 Å². The van der Waals surface area contributed by atoms with Gasteiger partial charge in [-0.2, -0.15) is 0 Å². The van der Waals surface area contributed by atoms with E-state index in [0.29, 0.717) is 35.7 Å². The molecule has 2 aromatic heterocycles. The largest absolute Gasteiger partial charge is 0.493 e. The summed E-state index contributed by atoms with van der Waals surface area (Å²) in [5.74, 6) is 1.83. The molecule has 0 spiro atoms. The molecule has 1 aliphatic heterocycles. The number of hydrogen-bond donors (Lipinski definition) is 3. The van der Waals surface area contributed by atoms with Gasteiger partial charge in [-0.15, -0.1) is 0 Å². The second-order valence-corrected chi connectivity index (χ2v) is 8.88. The summed E-state index contributed by atoms with van der Waals surface area (Å²) in [5, 5.41) is 7.38. The lowest BCUT2D eigenvalue weighted by Gasteiger charge is -2.18. The number of hydrogen-bond acceptors (Lipinski definition) is 7. The minimum Gasteiger partial charge on any atom is -0.493 e. The van der Waals surface area contributed by atoms with E-state index in [1.807, 2.05) is 31.2 Å². The maximum atomic E-state index is 6.33. The highest BCUT2D eigenvalue weighted by Gasteiger charge is 2.17. The van der Waals surface area contributed by atoms with Crippen molar-refractivity contribution in [2.45, 2.75) is 45.1 Å². The molecule has 172 valence electrons. The van der Waals surface area contributed by atoms with Crippen molar-refractivity contribution in [3.63, 3.8) is 0 Å². The van der Waals surface area contributed by atoms with Crippen molar-refractivity contribution in [1.82, 2.24) is 15.3 Å². The summed E-state index contributed by atoms with van der Waals surface area (Å²) >= 11 is 0. The van der Waals surface area contributed by atoms with Crippen molar-refractivity contribution in [1.29, 1.82) is 0 Å². The van der Waals surface area contributed by atoms with Crippen LogP contribution in [0.5, 0.6) is 11.5 Å². The first-order valence-electron chi connectivity index (χ1n) is 11.7. The number of nitrogens with two attached hydrogens (primary N) is 2. The minimum absolute atomic E-state index is 0.441. The maximum Gasteiger partial charge on any atom is 0.163 e. The summed E-state index contributed by atoms with van der Waals surface area (Å²) < 4.78 is 11.9. The number of ether oxygens (including phenoxy) is 2.